The number of nitrogens with one attached hydrogen (secondary N) is 1. The average Bonchev–Trinajstić information content (AvgIpc) is 3.04. The second-order valence-electron chi connectivity index (χ2n) is 5.02. The standard InChI is InChI=1S/C14H16N6O2/c21-13(9-20-14(22)4-3-5-17-20)18-11-8-12(16-10-15-11)19-6-1-2-7-19/h3-5,8,10H,1-2,6-7,9H2,(H,15,16,18,21). The molecule has 1 amide bonds. The number of anilines is 2. The Balaban J connectivity index is 1.67. The number of amides is 1. The van der Waals surface area contributed by atoms with Crippen molar-refractivity contribution in [1.29, 1.82) is 0 Å². The van der Waals surface area contributed by atoms with Crippen molar-refractivity contribution < 1.29 is 4.79 Å². The Bertz CT molecular complexity index is 723. The van der Waals surface area contributed by atoms with Crippen LogP contribution in [-0.4, -0.2) is 38.7 Å². The molecular formula is C14H16N6O2. The van der Waals surface area contributed by atoms with Gasteiger partial charge in [0.2, 0.25) is 5.91 Å². The molecule has 0 aromatic carbocycles. The van der Waals surface area contributed by atoms with Crippen LogP contribution in [0.15, 0.2) is 35.5 Å². The van der Waals surface area contributed by atoms with E-state index in [9.17, 15) is 9.59 Å². The van der Waals surface area contributed by atoms with E-state index in [2.05, 4.69) is 25.3 Å². The second kappa shape index (κ2) is 6.33. The summed E-state index contributed by atoms with van der Waals surface area (Å²) < 4.78 is 1.10. The molecule has 1 aliphatic rings. The first-order chi connectivity index (χ1) is 10.7. The highest BCUT2D eigenvalue weighted by molar-refractivity contribution is 5.89. The third-order valence-corrected chi connectivity index (χ3v) is 3.43. The molecule has 2 aromatic heterocycles. The van der Waals surface area contributed by atoms with Gasteiger partial charge in [-0.05, 0) is 18.9 Å². The van der Waals surface area contributed by atoms with E-state index in [1.54, 1.807) is 6.07 Å². The number of nitrogens with zero attached hydrogens (tertiary/aromatic N) is 5. The minimum Gasteiger partial charge on any atom is -0.356 e. The first-order valence-corrected chi connectivity index (χ1v) is 7.11. The largest absolute Gasteiger partial charge is 0.356 e. The fraction of sp³-hybridized carbons (Fsp3) is 0.357. The molecule has 114 valence electrons. The van der Waals surface area contributed by atoms with Gasteiger partial charge in [-0.2, -0.15) is 5.10 Å². The third kappa shape index (κ3) is 3.27. The SMILES string of the molecule is O=C(Cn1ncccc1=O)Nc1cc(N2CCCC2)ncn1. The van der Waals surface area contributed by atoms with Crippen LogP contribution in [0.3, 0.4) is 0 Å². The molecule has 0 unspecified atom stereocenters. The molecule has 22 heavy (non-hydrogen) atoms. The minimum atomic E-state index is -0.355. The fourth-order valence-corrected chi connectivity index (χ4v) is 2.36. The Morgan fingerprint density at radius 2 is 2.09 bits per heavy atom. The van der Waals surface area contributed by atoms with Gasteiger partial charge in [0.25, 0.3) is 5.56 Å². The Kier molecular flexibility index (Phi) is 4.08. The number of hydrogen-bond donors (Lipinski definition) is 1. The molecule has 0 atom stereocenters. The van der Waals surface area contributed by atoms with E-state index in [0.717, 1.165) is 36.4 Å². The molecule has 0 bridgehead atoms. The van der Waals surface area contributed by atoms with E-state index in [1.165, 1.54) is 24.7 Å². The highest BCUT2D eigenvalue weighted by Crippen LogP contribution is 2.19. The summed E-state index contributed by atoms with van der Waals surface area (Å²) >= 11 is 0. The summed E-state index contributed by atoms with van der Waals surface area (Å²) in [6.45, 7) is 1.78. The van der Waals surface area contributed by atoms with Gasteiger partial charge in [-0.25, -0.2) is 14.6 Å². The van der Waals surface area contributed by atoms with Gasteiger partial charge in [0.1, 0.15) is 24.5 Å². The lowest BCUT2D eigenvalue weighted by Crippen LogP contribution is -2.29. The molecule has 0 spiro atoms. The maximum atomic E-state index is 12.0. The predicted octanol–water partition coefficient (Wildman–Crippen LogP) is 0.272. The highest BCUT2D eigenvalue weighted by Gasteiger charge is 2.14. The van der Waals surface area contributed by atoms with Gasteiger partial charge in [0, 0.05) is 31.4 Å². The minimum absolute atomic E-state index is 0.150. The van der Waals surface area contributed by atoms with Crippen molar-refractivity contribution in [3.63, 3.8) is 0 Å². The van der Waals surface area contributed by atoms with E-state index >= 15 is 0 Å². The summed E-state index contributed by atoms with van der Waals surface area (Å²) in [4.78, 5) is 33.9. The van der Waals surface area contributed by atoms with E-state index in [0.29, 0.717) is 5.82 Å². The van der Waals surface area contributed by atoms with Gasteiger partial charge < -0.3 is 10.2 Å². The zero-order valence-corrected chi connectivity index (χ0v) is 12.0. The van der Waals surface area contributed by atoms with Crippen LogP contribution in [0.4, 0.5) is 11.6 Å². The van der Waals surface area contributed by atoms with Crippen molar-refractivity contribution in [2.45, 2.75) is 19.4 Å². The quantitative estimate of drug-likeness (QED) is 0.871. The maximum absolute atomic E-state index is 12.0. The number of hydrogen-bond acceptors (Lipinski definition) is 6. The van der Waals surface area contributed by atoms with Crippen molar-refractivity contribution >= 4 is 17.5 Å². The number of carbonyl (C=O) groups excluding carboxylic acids is 1. The van der Waals surface area contributed by atoms with E-state index < -0.39 is 0 Å². The van der Waals surface area contributed by atoms with Crippen molar-refractivity contribution in [1.82, 2.24) is 19.7 Å². The molecule has 0 aliphatic carbocycles. The van der Waals surface area contributed by atoms with Crippen LogP contribution in [0.25, 0.3) is 0 Å². The lowest BCUT2D eigenvalue weighted by molar-refractivity contribution is -0.117. The Morgan fingerprint density at radius 3 is 2.86 bits per heavy atom. The highest BCUT2D eigenvalue weighted by atomic mass is 16.2. The summed E-state index contributed by atoms with van der Waals surface area (Å²) in [6.07, 6.45) is 5.18. The molecule has 3 rings (SSSR count). The van der Waals surface area contributed by atoms with Crippen LogP contribution in [-0.2, 0) is 11.3 Å². The van der Waals surface area contributed by atoms with E-state index in [-0.39, 0.29) is 18.0 Å². The third-order valence-electron chi connectivity index (χ3n) is 3.43. The molecule has 2 aromatic rings. The lowest BCUT2D eigenvalue weighted by Gasteiger charge is -2.16. The predicted molar refractivity (Wildman–Crippen MR) is 80.6 cm³/mol. The summed E-state index contributed by atoms with van der Waals surface area (Å²) in [5.41, 5.74) is -0.321. The normalized spacial score (nSPS) is 14.1. The van der Waals surface area contributed by atoms with Gasteiger partial charge >= 0.3 is 0 Å². The molecule has 1 aliphatic heterocycles. The monoisotopic (exact) mass is 300 g/mol. The van der Waals surface area contributed by atoms with Crippen LogP contribution in [0.1, 0.15) is 12.8 Å². The first-order valence-electron chi connectivity index (χ1n) is 7.11. The first kappa shape index (κ1) is 14.2. The molecule has 0 radical (unpaired) electrons. The molecule has 8 nitrogen and oxygen atoms in total. The number of carbonyl (C=O) groups is 1. The fourth-order valence-electron chi connectivity index (χ4n) is 2.36. The van der Waals surface area contributed by atoms with Gasteiger partial charge in [-0.15, -0.1) is 0 Å². The van der Waals surface area contributed by atoms with Crippen LogP contribution < -0.4 is 15.8 Å². The topological polar surface area (TPSA) is 93.0 Å². The smallest absolute Gasteiger partial charge is 0.267 e. The average molecular weight is 300 g/mol. The van der Waals surface area contributed by atoms with Crippen LogP contribution in [0.2, 0.25) is 0 Å². The lowest BCUT2D eigenvalue weighted by atomic mass is 10.4. The molecule has 3 heterocycles. The molecule has 0 saturated carbocycles. The Hall–Kier alpha value is -2.77. The number of aromatic nitrogens is 4. The van der Waals surface area contributed by atoms with Crippen LogP contribution >= 0.6 is 0 Å². The van der Waals surface area contributed by atoms with Crippen molar-refractivity contribution in [3.8, 4) is 0 Å². The number of rotatable bonds is 4. The van der Waals surface area contributed by atoms with Gasteiger partial charge in [-0.3, -0.25) is 9.59 Å². The Morgan fingerprint density at radius 1 is 1.27 bits per heavy atom. The van der Waals surface area contributed by atoms with Crippen LogP contribution in [0, 0.1) is 0 Å². The van der Waals surface area contributed by atoms with E-state index in [4.69, 9.17) is 0 Å². The summed E-state index contributed by atoms with van der Waals surface area (Å²) in [7, 11) is 0. The second-order valence-corrected chi connectivity index (χ2v) is 5.02. The van der Waals surface area contributed by atoms with Crippen molar-refractivity contribution in [2.24, 2.45) is 0 Å². The molecule has 1 saturated heterocycles. The summed E-state index contributed by atoms with van der Waals surface area (Å²) in [6, 6.07) is 4.63. The van der Waals surface area contributed by atoms with Crippen LogP contribution in [0.5, 0.6) is 0 Å². The molecule has 1 fully saturated rings. The maximum Gasteiger partial charge on any atom is 0.267 e. The summed E-state index contributed by atoms with van der Waals surface area (Å²) in [5.74, 6) is 0.871. The van der Waals surface area contributed by atoms with Gasteiger partial charge in [0.15, 0.2) is 0 Å². The molecule has 8 heteroatoms. The summed E-state index contributed by atoms with van der Waals surface area (Å²) in [5, 5.41) is 6.51. The van der Waals surface area contributed by atoms with E-state index in [1.807, 2.05) is 0 Å². The zero-order valence-electron chi connectivity index (χ0n) is 12.0. The van der Waals surface area contributed by atoms with Crippen molar-refractivity contribution in [2.75, 3.05) is 23.3 Å². The Labute approximate surface area is 126 Å². The van der Waals surface area contributed by atoms with Gasteiger partial charge in [0.05, 0.1) is 0 Å². The van der Waals surface area contributed by atoms with Crippen molar-refractivity contribution in [3.05, 3.63) is 41.1 Å². The van der Waals surface area contributed by atoms with Gasteiger partial charge in [-0.1, -0.05) is 0 Å². The zero-order chi connectivity index (χ0) is 15.4. The molecule has 1 N–H and O–H groups in total. The molecular weight excluding hydrogens is 284 g/mol.